The normalized spacial score (nSPS) is 20.8. The van der Waals surface area contributed by atoms with E-state index < -0.39 is 56.2 Å². The topological polar surface area (TPSA) is 110 Å². The number of carboxylic acid groups (broad SMARTS) is 1. The first-order valence-electron chi connectivity index (χ1n) is 9.92. The number of β-amino-alcohol motifs (C(OH)–C–C–N with tert-alkyl or cyclic N) is 1. The smallest absolute Gasteiger partial charge is 0.300 e. The summed E-state index contributed by atoms with van der Waals surface area (Å²) in [6, 6.07) is 3.27. The van der Waals surface area contributed by atoms with Gasteiger partial charge in [0, 0.05) is 31.3 Å². The summed E-state index contributed by atoms with van der Waals surface area (Å²) in [5.41, 5.74) is -3.23. The third-order valence-corrected chi connectivity index (χ3v) is 1.94. The van der Waals surface area contributed by atoms with E-state index in [4.69, 9.17) is 22.2 Å². The molecule has 1 atom stereocenters. The fourth-order valence-electron chi connectivity index (χ4n) is 1.12. The van der Waals surface area contributed by atoms with Crippen molar-refractivity contribution in [2.24, 2.45) is 0 Å². The highest BCUT2D eigenvalue weighted by Gasteiger charge is 2.14. The number of phenolic OH excluding ortho intramolecular Hbond substituents is 2. The van der Waals surface area contributed by atoms with E-state index in [0.29, 0.717) is 0 Å². The summed E-state index contributed by atoms with van der Waals surface area (Å²) >= 11 is 0. The summed E-state index contributed by atoms with van der Waals surface area (Å²) in [6.07, 6.45) is -1.53. The summed E-state index contributed by atoms with van der Waals surface area (Å²) in [5, 5.41) is 38.2. The molecule has 6 heteroatoms. The maximum Gasteiger partial charge on any atom is 0.300 e. The van der Waals surface area contributed by atoms with Crippen LogP contribution in [0.5, 0.6) is 11.5 Å². The van der Waals surface area contributed by atoms with Gasteiger partial charge in [-0.15, -0.1) is 0 Å². The molecule has 0 saturated carbocycles. The van der Waals surface area contributed by atoms with Gasteiger partial charge in [0.15, 0.2) is 11.5 Å². The highest BCUT2D eigenvalue weighted by Crippen LogP contribution is 2.27. The Hall–Kier alpha value is -1.79. The van der Waals surface area contributed by atoms with Gasteiger partial charge in [-0.05, 0) is 38.3 Å². The van der Waals surface area contributed by atoms with E-state index in [1.807, 2.05) is 5.32 Å². The number of aromatic hydroxyl groups is 2. The van der Waals surface area contributed by atoms with Crippen molar-refractivity contribution < 1.29 is 37.6 Å². The molecule has 20 heavy (non-hydrogen) atoms. The summed E-state index contributed by atoms with van der Waals surface area (Å²) in [5.74, 6) is -1.84. The predicted molar refractivity (Wildman–Crippen MR) is 75.8 cm³/mol. The number of rotatable bonds is 3. The van der Waals surface area contributed by atoms with Gasteiger partial charge in [0.1, 0.15) is 0 Å². The Balaban J connectivity index is 0.00000178. The van der Waals surface area contributed by atoms with Gasteiger partial charge < -0.3 is 25.7 Å². The van der Waals surface area contributed by atoms with Crippen LogP contribution in [-0.2, 0) is 4.79 Å². The van der Waals surface area contributed by atoms with Crippen molar-refractivity contribution in [2.75, 3.05) is 6.54 Å². The number of nitrogens with one attached hydrogen (secondary N) is 1. The average Bonchev–Trinajstić information content (AvgIpc) is 2.45. The van der Waals surface area contributed by atoms with Crippen LogP contribution in [0, 0.1) is 0 Å². The molecule has 1 rings (SSSR count). The van der Waals surface area contributed by atoms with Crippen molar-refractivity contribution in [3.63, 3.8) is 0 Å². The number of benzene rings is 1. The standard InChI is InChI=1S/C12H19NO3.C2H4O2/c1-12(2,3)13-7-11(16)8-4-5-9(14)10(15)6-8;1-2(3)4/h4-6,11,13-16H,7H2,1-3H3;1H3,(H,3,4)/i1D3,2D3,3D3;. The molecule has 6 nitrogen and oxygen atoms in total. The van der Waals surface area contributed by atoms with Crippen LogP contribution in [0.3, 0.4) is 0 Å². The molecule has 0 spiro atoms. The summed E-state index contributed by atoms with van der Waals surface area (Å²) in [6.45, 7) is -9.93. The van der Waals surface area contributed by atoms with Crippen molar-refractivity contribution in [3.8, 4) is 11.5 Å². The molecule has 0 amide bonds. The minimum atomic E-state index is -3.43. The number of phenols is 2. The maximum absolute atomic E-state index is 10.1. The first kappa shape index (κ1) is 7.85. The number of aliphatic hydroxyl groups excluding tert-OH is 1. The molecule has 0 aliphatic heterocycles. The summed E-state index contributed by atoms with van der Waals surface area (Å²) in [7, 11) is 0. The Bertz CT molecular complexity index is 660. The minimum Gasteiger partial charge on any atom is -0.504 e. The Morgan fingerprint density at radius 3 is 2.35 bits per heavy atom. The van der Waals surface area contributed by atoms with Crippen LogP contribution in [0.15, 0.2) is 18.2 Å². The Morgan fingerprint density at radius 2 is 1.90 bits per heavy atom. The lowest BCUT2D eigenvalue weighted by atomic mass is 10.1. The Labute approximate surface area is 131 Å². The zero-order valence-electron chi connectivity index (χ0n) is 19.7. The molecule has 114 valence electrons. The molecule has 0 bridgehead atoms. The number of aliphatic carboxylic acids is 1. The van der Waals surface area contributed by atoms with Crippen molar-refractivity contribution in [1.82, 2.24) is 5.32 Å². The van der Waals surface area contributed by atoms with Crippen LogP contribution in [0.25, 0.3) is 0 Å². The highest BCUT2D eigenvalue weighted by molar-refractivity contribution is 5.62. The van der Waals surface area contributed by atoms with Gasteiger partial charge in [0.2, 0.25) is 0 Å². The molecular weight excluding hydrogens is 262 g/mol. The monoisotopic (exact) mass is 294 g/mol. The quantitative estimate of drug-likeness (QED) is 0.542. The van der Waals surface area contributed by atoms with Gasteiger partial charge in [-0.3, -0.25) is 4.79 Å². The van der Waals surface area contributed by atoms with Crippen molar-refractivity contribution >= 4 is 5.97 Å². The zero-order valence-corrected chi connectivity index (χ0v) is 10.7. The van der Waals surface area contributed by atoms with Gasteiger partial charge in [-0.25, -0.2) is 0 Å². The van der Waals surface area contributed by atoms with Crippen molar-refractivity contribution in [1.29, 1.82) is 0 Å². The lowest BCUT2D eigenvalue weighted by molar-refractivity contribution is -0.134. The first-order chi connectivity index (χ1) is 12.8. The minimum absolute atomic E-state index is 0.0262. The summed E-state index contributed by atoms with van der Waals surface area (Å²) in [4.78, 5) is 9.00. The van der Waals surface area contributed by atoms with Crippen LogP contribution in [0.2, 0.25) is 0 Å². The van der Waals surface area contributed by atoms with Crippen LogP contribution in [-0.4, -0.2) is 38.5 Å². The number of aliphatic hydroxyl groups is 1. The fraction of sp³-hybridized carbons (Fsp3) is 0.500. The third-order valence-electron chi connectivity index (χ3n) is 1.94. The number of hydrogen-bond acceptors (Lipinski definition) is 5. The molecule has 0 aliphatic carbocycles. The van der Waals surface area contributed by atoms with E-state index in [-0.39, 0.29) is 5.56 Å². The second-order valence-electron chi connectivity index (χ2n) is 3.91. The third kappa shape index (κ3) is 8.34. The van der Waals surface area contributed by atoms with E-state index in [1.165, 1.54) is 6.07 Å². The Morgan fingerprint density at radius 1 is 1.35 bits per heavy atom. The van der Waals surface area contributed by atoms with E-state index in [9.17, 15) is 15.3 Å². The summed E-state index contributed by atoms with van der Waals surface area (Å²) < 4.78 is 67.1. The fourth-order valence-corrected chi connectivity index (χ4v) is 1.12. The first-order valence-corrected chi connectivity index (χ1v) is 5.42. The van der Waals surface area contributed by atoms with E-state index in [0.717, 1.165) is 19.1 Å². The molecule has 1 unspecified atom stereocenters. The zero-order chi connectivity index (χ0) is 23.4. The van der Waals surface area contributed by atoms with E-state index in [2.05, 4.69) is 0 Å². The predicted octanol–water partition coefficient (Wildman–Crippen LogP) is 1.61. The number of carbonyl (C=O) groups is 1. The van der Waals surface area contributed by atoms with E-state index >= 15 is 0 Å². The maximum atomic E-state index is 10.1. The van der Waals surface area contributed by atoms with E-state index in [1.54, 1.807) is 0 Å². The van der Waals surface area contributed by atoms with Crippen LogP contribution in [0.1, 0.15) is 51.5 Å². The van der Waals surface area contributed by atoms with Crippen LogP contribution < -0.4 is 5.32 Å². The Kier molecular flexibility index (Phi) is 3.03. The average molecular weight is 294 g/mol. The SMILES string of the molecule is CC(=O)O.[2H]C([2H])([2H])C(NCC(O)c1ccc(O)c(O)c1)(C([2H])([2H])[2H])C([2H])([2H])[2H]. The molecule has 5 N–H and O–H groups in total. The molecule has 0 aromatic heterocycles. The van der Waals surface area contributed by atoms with Crippen LogP contribution in [0.4, 0.5) is 0 Å². The lowest BCUT2D eigenvalue weighted by Gasteiger charge is -2.23. The second kappa shape index (κ2) is 7.72. The largest absolute Gasteiger partial charge is 0.504 e. The van der Waals surface area contributed by atoms with Gasteiger partial charge in [-0.1, -0.05) is 6.07 Å². The molecule has 1 aromatic carbocycles. The lowest BCUT2D eigenvalue weighted by Crippen LogP contribution is -2.38. The second-order valence-corrected chi connectivity index (χ2v) is 3.91. The molecular formula is C14H23NO5. The van der Waals surface area contributed by atoms with Gasteiger partial charge in [0.05, 0.1) is 6.10 Å². The van der Waals surface area contributed by atoms with Crippen molar-refractivity contribution in [3.05, 3.63) is 23.8 Å². The number of hydrogen-bond donors (Lipinski definition) is 5. The molecule has 0 aliphatic rings. The van der Waals surface area contributed by atoms with Gasteiger partial charge in [-0.2, -0.15) is 0 Å². The molecule has 1 aromatic rings. The van der Waals surface area contributed by atoms with Crippen LogP contribution >= 0.6 is 0 Å². The number of carboxylic acids is 1. The molecule has 0 heterocycles. The van der Waals surface area contributed by atoms with Gasteiger partial charge >= 0.3 is 0 Å². The molecule has 0 radical (unpaired) electrons. The van der Waals surface area contributed by atoms with Gasteiger partial charge in [0.25, 0.3) is 5.97 Å². The molecule has 0 fully saturated rings. The highest BCUT2D eigenvalue weighted by atomic mass is 16.4. The van der Waals surface area contributed by atoms with Crippen molar-refractivity contribution in [2.45, 2.75) is 39.1 Å². The molecule has 0 saturated heterocycles.